The lowest BCUT2D eigenvalue weighted by atomic mass is 9.85. The summed E-state index contributed by atoms with van der Waals surface area (Å²) in [7, 11) is 0. The van der Waals surface area contributed by atoms with E-state index in [2.05, 4.69) is 21.0 Å². The first-order chi connectivity index (χ1) is 7.89. The highest BCUT2D eigenvalue weighted by molar-refractivity contribution is 9.10. The number of halogens is 4. The molecule has 1 heterocycles. The zero-order chi connectivity index (χ0) is 12.6. The van der Waals surface area contributed by atoms with Crippen LogP contribution >= 0.6 is 15.9 Å². The number of anilines is 1. The van der Waals surface area contributed by atoms with E-state index >= 15 is 0 Å². The molecule has 0 aromatic carbocycles. The molecule has 1 aromatic rings. The Morgan fingerprint density at radius 3 is 2.65 bits per heavy atom. The SMILES string of the molecule is Nc1c(Br)cnn1C1CCCC(C(F)(F)F)C1. The second kappa shape index (κ2) is 4.51. The average Bonchev–Trinajstić information content (AvgIpc) is 2.59. The monoisotopic (exact) mass is 311 g/mol. The zero-order valence-electron chi connectivity index (χ0n) is 9.04. The van der Waals surface area contributed by atoms with Gasteiger partial charge in [0.2, 0.25) is 0 Å². The van der Waals surface area contributed by atoms with Crippen LogP contribution in [0, 0.1) is 5.92 Å². The lowest BCUT2D eigenvalue weighted by molar-refractivity contribution is -0.185. The van der Waals surface area contributed by atoms with Crippen LogP contribution in [0.25, 0.3) is 0 Å². The van der Waals surface area contributed by atoms with Crippen molar-refractivity contribution < 1.29 is 13.2 Å². The molecule has 2 atom stereocenters. The Labute approximate surface area is 105 Å². The van der Waals surface area contributed by atoms with E-state index in [0.29, 0.717) is 23.1 Å². The van der Waals surface area contributed by atoms with Crippen LogP contribution in [-0.2, 0) is 0 Å². The predicted octanol–water partition coefficient (Wildman–Crippen LogP) is 3.52. The zero-order valence-corrected chi connectivity index (χ0v) is 10.6. The number of hydrogen-bond acceptors (Lipinski definition) is 2. The van der Waals surface area contributed by atoms with Gasteiger partial charge in [0.25, 0.3) is 0 Å². The fourth-order valence-corrected chi connectivity index (χ4v) is 2.60. The molecule has 0 amide bonds. The Kier molecular flexibility index (Phi) is 3.38. The lowest BCUT2D eigenvalue weighted by Crippen LogP contribution is -2.30. The highest BCUT2D eigenvalue weighted by Gasteiger charge is 2.42. The summed E-state index contributed by atoms with van der Waals surface area (Å²) in [6.45, 7) is 0. The van der Waals surface area contributed by atoms with E-state index in [4.69, 9.17) is 5.73 Å². The van der Waals surface area contributed by atoms with Crippen molar-refractivity contribution in [2.24, 2.45) is 5.92 Å². The number of rotatable bonds is 1. The number of alkyl halides is 3. The molecule has 96 valence electrons. The van der Waals surface area contributed by atoms with Crippen molar-refractivity contribution in [1.82, 2.24) is 9.78 Å². The van der Waals surface area contributed by atoms with Crippen LogP contribution in [0.3, 0.4) is 0 Å². The molecule has 1 saturated carbocycles. The highest BCUT2D eigenvalue weighted by Crippen LogP contribution is 2.42. The summed E-state index contributed by atoms with van der Waals surface area (Å²) in [5.41, 5.74) is 5.76. The maximum Gasteiger partial charge on any atom is 0.391 e. The third kappa shape index (κ3) is 2.59. The van der Waals surface area contributed by atoms with Crippen LogP contribution in [0.1, 0.15) is 31.7 Å². The van der Waals surface area contributed by atoms with Crippen LogP contribution < -0.4 is 5.73 Å². The van der Waals surface area contributed by atoms with Crippen LogP contribution in [0.4, 0.5) is 19.0 Å². The molecule has 0 saturated heterocycles. The molecule has 17 heavy (non-hydrogen) atoms. The molecule has 1 fully saturated rings. The van der Waals surface area contributed by atoms with Gasteiger partial charge in [0.1, 0.15) is 5.82 Å². The molecule has 2 rings (SSSR count). The van der Waals surface area contributed by atoms with E-state index in [-0.39, 0.29) is 18.9 Å². The first kappa shape index (κ1) is 12.7. The topological polar surface area (TPSA) is 43.8 Å². The van der Waals surface area contributed by atoms with Crippen molar-refractivity contribution in [3.8, 4) is 0 Å². The summed E-state index contributed by atoms with van der Waals surface area (Å²) in [6.07, 6.45) is -1.05. The number of nitrogens with zero attached hydrogens (tertiary/aromatic N) is 2. The molecule has 0 bridgehead atoms. The first-order valence-electron chi connectivity index (χ1n) is 5.44. The van der Waals surface area contributed by atoms with Gasteiger partial charge >= 0.3 is 6.18 Å². The van der Waals surface area contributed by atoms with Crippen LogP contribution in [-0.4, -0.2) is 16.0 Å². The smallest absolute Gasteiger partial charge is 0.383 e. The first-order valence-corrected chi connectivity index (χ1v) is 6.24. The molecule has 0 radical (unpaired) electrons. The average molecular weight is 312 g/mol. The third-order valence-electron chi connectivity index (χ3n) is 3.24. The molecular formula is C10H13BrF3N3. The predicted molar refractivity (Wildman–Crippen MR) is 61.4 cm³/mol. The number of hydrogen-bond donors (Lipinski definition) is 1. The van der Waals surface area contributed by atoms with E-state index in [0.717, 1.165) is 0 Å². The largest absolute Gasteiger partial charge is 0.391 e. The van der Waals surface area contributed by atoms with Gasteiger partial charge in [0, 0.05) is 0 Å². The van der Waals surface area contributed by atoms with Gasteiger partial charge in [-0.1, -0.05) is 6.42 Å². The third-order valence-corrected chi connectivity index (χ3v) is 3.85. The molecule has 0 spiro atoms. The quantitative estimate of drug-likeness (QED) is 0.862. The Hall–Kier alpha value is -0.720. The van der Waals surface area contributed by atoms with Gasteiger partial charge in [-0.25, -0.2) is 4.68 Å². The number of nitrogen functional groups attached to an aromatic ring is 1. The summed E-state index contributed by atoms with van der Waals surface area (Å²) in [5, 5.41) is 4.03. The van der Waals surface area contributed by atoms with Gasteiger partial charge in [-0.15, -0.1) is 0 Å². The maximum atomic E-state index is 12.7. The Balaban J connectivity index is 2.15. The van der Waals surface area contributed by atoms with Crippen LogP contribution in [0.5, 0.6) is 0 Å². The molecule has 1 aliphatic carbocycles. The minimum Gasteiger partial charge on any atom is -0.383 e. The van der Waals surface area contributed by atoms with Gasteiger partial charge in [-0.05, 0) is 35.2 Å². The van der Waals surface area contributed by atoms with Crippen LogP contribution in [0.15, 0.2) is 10.7 Å². The number of nitrogens with two attached hydrogens (primary N) is 1. The summed E-state index contributed by atoms with van der Waals surface area (Å²) < 4.78 is 40.1. The van der Waals surface area contributed by atoms with E-state index < -0.39 is 12.1 Å². The molecule has 1 aliphatic rings. The standard InChI is InChI=1S/C10H13BrF3N3/c11-8-5-16-17(9(8)15)7-3-1-2-6(4-7)10(12,13)14/h5-7H,1-4,15H2. The minimum absolute atomic E-state index is 0.0713. The maximum absolute atomic E-state index is 12.7. The number of aromatic nitrogens is 2. The molecular weight excluding hydrogens is 299 g/mol. The summed E-state index contributed by atoms with van der Waals surface area (Å²) in [6, 6.07) is -0.248. The minimum atomic E-state index is -4.11. The molecule has 7 heteroatoms. The van der Waals surface area contributed by atoms with Crippen molar-refractivity contribution >= 4 is 21.7 Å². The van der Waals surface area contributed by atoms with E-state index in [1.165, 1.54) is 10.9 Å². The normalized spacial score (nSPS) is 26.1. The lowest BCUT2D eigenvalue weighted by Gasteiger charge is -2.31. The van der Waals surface area contributed by atoms with Gasteiger partial charge in [-0.3, -0.25) is 0 Å². The summed E-state index contributed by atoms with van der Waals surface area (Å²) in [5.74, 6) is -0.832. The molecule has 1 aromatic heterocycles. The molecule has 0 aliphatic heterocycles. The van der Waals surface area contributed by atoms with Crippen molar-refractivity contribution in [2.75, 3.05) is 5.73 Å². The second-order valence-electron chi connectivity index (χ2n) is 4.38. The van der Waals surface area contributed by atoms with Crippen molar-refractivity contribution in [3.05, 3.63) is 10.7 Å². The Bertz CT molecular complexity index is 402. The summed E-state index contributed by atoms with van der Waals surface area (Å²) in [4.78, 5) is 0. The Morgan fingerprint density at radius 2 is 2.12 bits per heavy atom. The fourth-order valence-electron chi connectivity index (χ4n) is 2.33. The van der Waals surface area contributed by atoms with Gasteiger partial charge in [0.05, 0.1) is 22.6 Å². The van der Waals surface area contributed by atoms with Gasteiger partial charge < -0.3 is 5.73 Å². The van der Waals surface area contributed by atoms with E-state index in [1.54, 1.807) is 0 Å². The van der Waals surface area contributed by atoms with Gasteiger partial charge in [-0.2, -0.15) is 18.3 Å². The van der Waals surface area contributed by atoms with E-state index in [9.17, 15) is 13.2 Å². The van der Waals surface area contributed by atoms with E-state index in [1.807, 2.05) is 0 Å². The van der Waals surface area contributed by atoms with Crippen molar-refractivity contribution in [2.45, 2.75) is 37.9 Å². The van der Waals surface area contributed by atoms with Crippen molar-refractivity contribution in [3.63, 3.8) is 0 Å². The fraction of sp³-hybridized carbons (Fsp3) is 0.700. The second-order valence-corrected chi connectivity index (χ2v) is 5.24. The summed E-state index contributed by atoms with van der Waals surface area (Å²) >= 11 is 3.21. The molecule has 3 nitrogen and oxygen atoms in total. The van der Waals surface area contributed by atoms with Crippen molar-refractivity contribution in [1.29, 1.82) is 0 Å². The molecule has 2 N–H and O–H groups in total. The molecule has 2 unspecified atom stereocenters. The van der Waals surface area contributed by atoms with Gasteiger partial charge in [0.15, 0.2) is 0 Å². The van der Waals surface area contributed by atoms with Crippen LogP contribution in [0.2, 0.25) is 0 Å². The highest BCUT2D eigenvalue weighted by atomic mass is 79.9. The Morgan fingerprint density at radius 1 is 1.41 bits per heavy atom.